The van der Waals surface area contributed by atoms with Gasteiger partial charge in [0, 0.05) is 22.4 Å². The van der Waals surface area contributed by atoms with E-state index in [1.165, 1.54) is 16.2 Å². The third kappa shape index (κ3) is 2.60. The monoisotopic (exact) mass is 404 g/mol. The molecule has 0 atom stereocenters. The van der Waals surface area contributed by atoms with Crippen LogP contribution in [0.3, 0.4) is 0 Å². The van der Waals surface area contributed by atoms with E-state index < -0.39 is 0 Å². The molecule has 0 fully saturated rings. The average molecular weight is 404 g/mol. The van der Waals surface area contributed by atoms with Gasteiger partial charge in [0.15, 0.2) is 11.5 Å². The van der Waals surface area contributed by atoms with E-state index in [4.69, 9.17) is 13.9 Å². The molecule has 1 heterocycles. The van der Waals surface area contributed by atoms with Gasteiger partial charge >= 0.3 is 0 Å². The van der Waals surface area contributed by atoms with E-state index in [9.17, 15) is 0 Å². The minimum atomic E-state index is 0.657. The molecular weight excluding hydrogens is 384 g/mol. The van der Waals surface area contributed by atoms with Crippen LogP contribution >= 0.6 is 0 Å². The highest BCUT2D eigenvalue weighted by Gasteiger charge is 2.19. The summed E-state index contributed by atoms with van der Waals surface area (Å²) in [5.41, 5.74) is 3.90. The van der Waals surface area contributed by atoms with Crippen molar-refractivity contribution in [2.45, 2.75) is 0 Å². The van der Waals surface area contributed by atoms with Gasteiger partial charge in [-0.3, -0.25) is 0 Å². The third-order valence-corrected chi connectivity index (χ3v) is 6.05. The molecule has 0 spiro atoms. The van der Waals surface area contributed by atoms with Crippen molar-refractivity contribution < 1.29 is 13.9 Å². The van der Waals surface area contributed by atoms with Gasteiger partial charge in [0.1, 0.15) is 11.2 Å². The van der Waals surface area contributed by atoms with Gasteiger partial charge in [-0.25, -0.2) is 0 Å². The van der Waals surface area contributed by atoms with E-state index in [1.54, 1.807) is 14.2 Å². The lowest BCUT2D eigenvalue weighted by Crippen LogP contribution is -1.89. The second kappa shape index (κ2) is 6.78. The zero-order chi connectivity index (χ0) is 20.9. The largest absolute Gasteiger partial charge is 0.493 e. The number of methoxy groups -OCH3 is 2. The number of ether oxygens (including phenoxy) is 2. The molecule has 0 aliphatic carbocycles. The highest BCUT2D eigenvalue weighted by Crippen LogP contribution is 2.45. The molecule has 150 valence electrons. The third-order valence-electron chi connectivity index (χ3n) is 6.05. The van der Waals surface area contributed by atoms with E-state index in [2.05, 4.69) is 72.8 Å². The molecule has 3 nitrogen and oxygen atoms in total. The minimum Gasteiger partial charge on any atom is -0.493 e. The quantitative estimate of drug-likeness (QED) is 0.305. The van der Waals surface area contributed by atoms with E-state index in [1.807, 2.05) is 12.1 Å². The molecule has 0 aliphatic rings. The topological polar surface area (TPSA) is 31.6 Å². The summed E-state index contributed by atoms with van der Waals surface area (Å²) in [7, 11) is 3.30. The van der Waals surface area contributed by atoms with Gasteiger partial charge in [0.2, 0.25) is 0 Å². The van der Waals surface area contributed by atoms with Crippen LogP contribution in [0.1, 0.15) is 0 Å². The number of hydrogen-bond donors (Lipinski definition) is 0. The smallest absolute Gasteiger partial charge is 0.164 e. The molecule has 6 aromatic rings. The van der Waals surface area contributed by atoms with Crippen molar-refractivity contribution in [2.24, 2.45) is 0 Å². The summed E-state index contributed by atoms with van der Waals surface area (Å²) in [4.78, 5) is 0. The Morgan fingerprint density at radius 3 is 2.06 bits per heavy atom. The molecule has 0 saturated heterocycles. The van der Waals surface area contributed by atoms with E-state index in [-0.39, 0.29) is 0 Å². The van der Waals surface area contributed by atoms with Gasteiger partial charge < -0.3 is 13.9 Å². The number of benzene rings is 5. The molecule has 1 aromatic heterocycles. The molecule has 6 rings (SSSR count). The summed E-state index contributed by atoms with van der Waals surface area (Å²) in [5.74, 6) is 1.35. The molecular formula is C28H20O3. The Kier molecular flexibility index (Phi) is 3.90. The van der Waals surface area contributed by atoms with Crippen molar-refractivity contribution in [3.8, 4) is 22.6 Å². The highest BCUT2D eigenvalue weighted by atomic mass is 16.5. The molecule has 3 heteroatoms. The molecule has 0 aliphatic heterocycles. The normalized spacial score (nSPS) is 11.5. The van der Waals surface area contributed by atoms with Crippen molar-refractivity contribution in [3.63, 3.8) is 0 Å². The maximum atomic E-state index is 6.50. The van der Waals surface area contributed by atoms with Crippen LogP contribution in [-0.2, 0) is 0 Å². The molecule has 0 N–H and O–H groups in total. The zero-order valence-corrected chi connectivity index (χ0v) is 17.3. The van der Waals surface area contributed by atoms with Crippen LogP contribution in [0.2, 0.25) is 0 Å². The van der Waals surface area contributed by atoms with Crippen LogP contribution < -0.4 is 9.47 Å². The second-order valence-electron chi connectivity index (χ2n) is 7.68. The van der Waals surface area contributed by atoms with Crippen molar-refractivity contribution in [1.29, 1.82) is 0 Å². The summed E-state index contributed by atoms with van der Waals surface area (Å²) in [6, 6.07) is 29.5. The summed E-state index contributed by atoms with van der Waals surface area (Å²) in [6.45, 7) is 0. The maximum Gasteiger partial charge on any atom is 0.164 e. The lowest BCUT2D eigenvalue weighted by atomic mass is 9.93. The van der Waals surface area contributed by atoms with Crippen LogP contribution in [0.4, 0.5) is 0 Å². The molecule has 0 saturated carbocycles. The van der Waals surface area contributed by atoms with Crippen LogP contribution in [0.15, 0.2) is 89.3 Å². The Morgan fingerprint density at radius 1 is 0.581 bits per heavy atom. The van der Waals surface area contributed by atoms with Gasteiger partial charge in [-0.05, 0) is 39.2 Å². The summed E-state index contributed by atoms with van der Waals surface area (Å²) < 4.78 is 17.6. The van der Waals surface area contributed by atoms with Crippen molar-refractivity contribution in [1.82, 2.24) is 0 Å². The Hall–Kier alpha value is -3.98. The lowest BCUT2D eigenvalue weighted by molar-refractivity contribution is 0.355. The number of fused-ring (bicyclic) bond motifs is 6. The SMILES string of the molecule is COc1cc2oc3c(-c4cccc5ccccc45)cc4ccccc4c3c2cc1OC. The molecule has 0 unspecified atom stereocenters. The van der Waals surface area contributed by atoms with Crippen molar-refractivity contribution >= 4 is 43.5 Å². The second-order valence-corrected chi connectivity index (χ2v) is 7.68. The van der Waals surface area contributed by atoms with Crippen LogP contribution in [0, 0.1) is 0 Å². The summed E-state index contributed by atoms with van der Waals surface area (Å²) >= 11 is 0. The Balaban J connectivity index is 1.82. The summed E-state index contributed by atoms with van der Waals surface area (Å²) in [5, 5.41) is 6.86. The van der Waals surface area contributed by atoms with E-state index >= 15 is 0 Å². The fraction of sp³-hybridized carbons (Fsp3) is 0.0714. The molecule has 0 radical (unpaired) electrons. The minimum absolute atomic E-state index is 0.657. The Labute approximate surface area is 179 Å². The predicted molar refractivity (Wildman–Crippen MR) is 127 cm³/mol. The van der Waals surface area contributed by atoms with Gasteiger partial charge in [0.05, 0.1) is 14.2 Å². The van der Waals surface area contributed by atoms with Crippen molar-refractivity contribution in [2.75, 3.05) is 14.2 Å². The molecule has 31 heavy (non-hydrogen) atoms. The van der Waals surface area contributed by atoms with E-state index in [0.717, 1.165) is 38.5 Å². The fourth-order valence-electron chi connectivity index (χ4n) is 4.61. The summed E-state index contributed by atoms with van der Waals surface area (Å²) in [6.07, 6.45) is 0. The average Bonchev–Trinajstić information content (AvgIpc) is 3.21. The van der Waals surface area contributed by atoms with Crippen molar-refractivity contribution in [3.05, 3.63) is 84.9 Å². The van der Waals surface area contributed by atoms with Gasteiger partial charge in [0.25, 0.3) is 0 Å². The number of furan rings is 1. The number of rotatable bonds is 3. The first kappa shape index (κ1) is 17.8. The first-order valence-corrected chi connectivity index (χ1v) is 10.3. The predicted octanol–water partition coefficient (Wildman–Crippen LogP) is 7.58. The molecule has 0 amide bonds. The van der Waals surface area contributed by atoms with Crippen LogP contribution in [-0.4, -0.2) is 14.2 Å². The molecule has 5 aromatic carbocycles. The van der Waals surface area contributed by atoms with Crippen LogP contribution in [0.5, 0.6) is 11.5 Å². The van der Waals surface area contributed by atoms with Crippen LogP contribution in [0.25, 0.3) is 54.6 Å². The zero-order valence-electron chi connectivity index (χ0n) is 17.3. The lowest BCUT2D eigenvalue weighted by Gasteiger charge is -2.10. The maximum absolute atomic E-state index is 6.50. The van der Waals surface area contributed by atoms with Gasteiger partial charge in [-0.1, -0.05) is 66.7 Å². The highest BCUT2D eigenvalue weighted by molar-refractivity contribution is 6.23. The Morgan fingerprint density at radius 2 is 1.26 bits per heavy atom. The fourth-order valence-corrected chi connectivity index (χ4v) is 4.61. The van der Waals surface area contributed by atoms with E-state index in [0.29, 0.717) is 11.5 Å². The number of hydrogen-bond acceptors (Lipinski definition) is 3. The van der Waals surface area contributed by atoms with Gasteiger partial charge in [-0.2, -0.15) is 0 Å². The Bertz CT molecular complexity index is 1600. The van der Waals surface area contributed by atoms with Gasteiger partial charge in [-0.15, -0.1) is 0 Å². The first-order chi connectivity index (χ1) is 15.3. The molecule has 0 bridgehead atoms. The standard InChI is InChI=1S/C28H20O3/c1-29-25-15-23-24(16-26(25)30-2)31-28-22(14-18-9-4-6-12-20(18)27(23)28)21-13-7-10-17-8-3-5-11-19(17)21/h3-16H,1-2H3. The first-order valence-electron chi connectivity index (χ1n) is 10.3.